The van der Waals surface area contributed by atoms with Crippen LogP contribution in [0.1, 0.15) is 19.7 Å². The van der Waals surface area contributed by atoms with Gasteiger partial charge in [-0.3, -0.25) is 0 Å². The molecular weight excluding hydrogens is 256 g/mol. The van der Waals surface area contributed by atoms with Crippen molar-refractivity contribution in [1.29, 1.82) is 0 Å². The third kappa shape index (κ3) is 3.17. The van der Waals surface area contributed by atoms with Gasteiger partial charge in [0.25, 0.3) is 0 Å². The van der Waals surface area contributed by atoms with E-state index in [1.165, 1.54) is 0 Å². The molecule has 0 bridgehead atoms. The quantitative estimate of drug-likeness (QED) is 0.786. The molecule has 1 atom stereocenters. The number of hydrogen-bond donors (Lipinski definition) is 1. The smallest absolute Gasteiger partial charge is 0.183 e. The lowest BCUT2D eigenvalue weighted by atomic mass is 10.2. The molecule has 0 aliphatic carbocycles. The Morgan fingerprint density at radius 2 is 1.85 bits per heavy atom. The second-order valence-corrected chi connectivity index (χ2v) is 4.63. The van der Waals surface area contributed by atoms with Crippen molar-refractivity contribution in [3.8, 4) is 0 Å². The van der Waals surface area contributed by atoms with Crippen LogP contribution in [0.5, 0.6) is 0 Å². The number of aliphatic hydroxyl groups excluding tert-OH is 1. The van der Waals surface area contributed by atoms with E-state index in [4.69, 9.17) is 9.47 Å². The van der Waals surface area contributed by atoms with Crippen molar-refractivity contribution in [2.75, 3.05) is 13.2 Å². The van der Waals surface area contributed by atoms with E-state index in [0.717, 1.165) is 16.9 Å². The summed E-state index contributed by atoms with van der Waals surface area (Å²) in [6, 6.07) is 7.92. The van der Waals surface area contributed by atoms with Crippen LogP contribution in [0.25, 0.3) is 11.0 Å². The molecule has 20 heavy (non-hydrogen) atoms. The Hall–Kier alpha value is -1.43. The summed E-state index contributed by atoms with van der Waals surface area (Å²) >= 11 is 0. The van der Waals surface area contributed by atoms with Gasteiger partial charge in [0, 0.05) is 26.7 Å². The Balaban J connectivity index is 2.16. The SMILES string of the molecule is CCOC(OCC)C(O)Cc1nc2ccccc2n1C. The summed E-state index contributed by atoms with van der Waals surface area (Å²) in [4.78, 5) is 4.55. The molecule has 2 rings (SSSR count). The van der Waals surface area contributed by atoms with Gasteiger partial charge >= 0.3 is 0 Å². The second kappa shape index (κ2) is 6.83. The van der Waals surface area contributed by atoms with Crippen LogP contribution in [0.3, 0.4) is 0 Å². The van der Waals surface area contributed by atoms with E-state index < -0.39 is 12.4 Å². The monoisotopic (exact) mass is 278 g/mol. The number of imidazole rings is 1. The summed E-state index contributed by atoms with van der Waals surface area (Å²) in [5.41, 5.74) is 1.99. The summed E-state index contributed by atoms with van der Waals surface area (Å²) in [5.74, 6) is 0.822. The number of hydrogen-bond acceptors (Lipinski definition) is 4. The number of aromatic nitrogens is 2. The zero-order chi connectivity index (χ0) is 14.5. The fourth-order valence-corrected chi connectivity index (χ4v) is 2.26. The zero-order valence-electron chi connectivity index (χ0n) is 12.2. The molecule has 1 aromatic heterocycles. The maximum atomic E-state index is 10.3. The normalized spacial score (nSPS) is 13.2. The molecule has 0 saturated heterocycles. The van der Waals surface area contributed by atoms with Crippen LogP contribution < -0.4 is 0 Å². The summed E-state index contributed by atoms with van der Waals surface area (Å²) in [7, 11) is 1.95. The Kier molecular flexibility index (Phi) is 5.11. The van der Waals surface area contributed by atoms with Crippen molar-refractivity contribution in [1.82, 2.24) is 9.55 Å². The summed E-state index contributed by atoms with van der Waals surface area (Å²) in [6.45, 7) is 4.77. The van der Waals surface area contributed by atoms with Crippen molar-refractivity contribution in [3.63, 3.8) is 0 Å². The van der Waals surface area contributed by atoms with E-state index >= 15 is 0 Å². The molecule has 1 unspecified atom stereocenters. The van der Waals surface area contributed by atoms with Crippen LogP contribution >= 0.6 is 0 Å². The predicted molar refractivity (Wildman–Crippen MR) is 77.5 cm³/mol. The first-order valence-electron chi connectivity index (χ1n) is 6.99. The fourth-order valence-electron chi connectivity index (χ4n) is 2.26. The third-order valence-corrected chi connectivity index (χ3v) is 3.25. The van der Waals surface area contributed by atoms with Crippen molar-refractivity contribution in [2.45, 2.75) is 32.7 Å². The van der Waals surface area contributed by atoms with E-state index in [2.05, 4.69) is 4.98 Å². The van der Waals surface area contributed by atoms with Crippen molar-refractivity contribution < 1.29 is 14.6 Å². The van der Waals surface area contributed by atoms with Gasteiger partial charge in [0.05, 0.1) is 11.0 Å². The lowest BCUT2D eigenvalue weighted by molar-refractivity contribution is -0.189. The number of nitrogens with zero attached hydrogens (tertiary/aromatic N) is 2. The topological polar surface area (TPSA) is 56.5 Å². The van der Waals surface area contributed by atoms with Crippen LogP contribution in [0.2, 0.25) is 0 Å². The lowest BCUT2D eigenvalue weighted by Crippen LogP contribution is -2.34. The lowest BCUT2D eigenvalue weighted by Gasteiger charge is -2.22. The Morgan fingerprint density at radius 1 is 1.20 bits per heavy atom. The van der Waals surface area contributed by atoms with E-state index in [-0.39, 0.29) is 0 Å². The number of ether oxygens (including phenoxy) is 2. The molecule has 5 heteroatoms. The number of aryl methyl sites for hydroxylation is 1. The number of fused-ring (bicyclic) bond motifs is 1. The number of rotatable bonds is 7. The molecule has 0 saturated carbocycles. The van der Waals surface area contributed by atoms with Crippen LogP contribution in [-0.2, 0) is 22.9 Å². The van der Waals surface area contributed by atoms with Crippen LogP contribution in [0.15, 0.2) is 24.3 Å². The number of para-hydroxylation sites is 2. The minimum atomic E-state index is -0.731. The number of aliphatic hydroxyl groups is 1. The summed E-state index contributed by atoms with van der Waals surface area (Å²) < 4.78 is 12.8. The minimum absolute atomic E-state index is 0.399. The highest BCUT2D eigenvalue weighted by Crippen LogP contribution is 2.16. The molecule has 1 heterocycles. The maximum absolute atomic E-state index is 10.3. The standard InChI is InChI=1S/C15H22N2O3/c1-4-19-15(20-5-2)13(18)10-14-16-11-8-6-7-9-12(11)17(14)3/h6-9,13,15,18H,4-5,10H2,1-3H3. The highest BCUT2D eigenvalue weighted by Gasteiger charge is 2.22. The first-order valence-corrected chi connectivity index (χ1v) is 6.99. The molecule has 5 nitrogen and oxygen atoms in total. The molecule has 0 amide bonds. The molecule has 2 aromatic rings. The zero-order valence-corrected chi connectivity index (χ0v) is 12.2. The molecule has 0 aliphatic heterocycles. The van der Waals surface area contributed by atoms with Gasteiger partial charge in [0.15, 0.2) is 6.29 Å². The highest BCUT2D eigenvalue weighted by atomic mass is 16.7. The van der Waals surface area contributed by atoms with Gasteiger partial charge in [-0.15, -0.1) is 0 Å². The molecular formula is C15H22N2O3. The average Bonchev–Trinajstić information content (AvgIpc) is 2.76. The molecule has 0 radical (unpaired) electrons. The van der Waals surface area contributed by atoms with E-state index in [9.17, 15) is 5.11 Å². The van der Waals surface area contributed by atoms with Gasteiger partial charge in [-0.2, -0.15) is 0 Å². The Bertz CT molecular complexity index is 547. The molecule has 0 spiro atoms. The highest BCUT2D eigenvalue weighted by molar-refractivity contribution is 5.75. The fraction of sp³-hybridized carbons (Fsp3) is 0.533. The van der Waals surface area contributed by atoms with Crippen LogP contribution in [0, 0.1) is 0 Å². The van der Waals surface area contributed by atoms with Gasteiger partial charge in [-0.05, 0) is 26.0 Å². The van der Waals surface area contributed by atoms with Crippen molar-refractivity contribution >= 4 is 11.0 Å². The van der Waals surface area contributed by atoms with Gasteiger partial charge in [0.1, 0.15) is 11.9 Å². The largest absolute Gasteiger partial charge is 0.387 e. The van der Waals surface area contributed by atoms with Crippen LogP contribution in [0.4, 0.5) is 0 Å². The van der Waals surface area contributed by atoms with Crippen LogP contribution in [-0.4, -0.2) is 40.3 Å². The Morgan fingerprint density at radius 3 is 2.45 bits per heavy atom. The van der Waals surface area contributed by atoms with Gasteiger partial charge in [0.2, 0.25) is 0 Å². The number of benzene rings is 1. The van der Waals surface area contributed by atoms with Gasteiger partial charge in [-0.25, -0.2) is 4.98 Å². The molecule has 110 valence electrons. The van der Waals surface area contributed by atoms with Gasteiger partial charge in [-0.1, -0.05) is 12.1 Å². The first kappa shape index (κ1) is 15.0. The van der Waals surface area contributed by atoms with Gasteiger partial charge < -0.3 is 19.1 Å². The molecule has 1 N–H and O–H groups in total. The molecule has 0 aliphatic rings. The van der Waals surface area contributed by atoms with E-state index in [0.29, 0.717) is 19.6 Å². The minimum Gasteiger partial charge on any atom is -0.387 e. The second-order valence-electron chi connectivity index (χ2n) is 4.63. The third-order valence-electron chi connectivity index (χ3n) is 3.25. The predicted octanol–water partition coefficient (Wildman–Crippen LogP) is 1.88. The molecule has 0 fully saturated rings. The van der Waals surface area contributed by atoms with Crippen molar-refractivity contribution in [3.05, 3.63) is 30.1 Å². The Labute approximate surface area is 119 Å². The van der Waals surface area contributed by atoms with Crippen molar-refractivity contribution in [2.24, 2.45) is 7.05 Å². The molecule has 1 aromatic carbocycles. The summed E-state index contributed by atoms with van der Waals surface area (Å²) in [6.07, 6.45) is -0.939. The maximum Gasteiger partial charge on any atom is 0.183 e. The van der Waals surface area contributed by atoms with E-state index in [1.54, 1.807) is 0 Å². The van der Waals surface area contributed by atoms with E-state index in [1.807, 2.05) is 49.7 Å². The first-order chi connectivity index (χ1) is 9.67. The summed E-state index contributed by atoms with van der Waals surface area (Å²) in [5, 5.41) is 10.3. The average molecular weight is 278 g/mol.